The summed E-state index contributed by atoms with van der Waals surface area (Å²) in [6, 6.07) is 4.34. The van der Waals surface area contributed by atoms with Crippen LogP contribution < -0.4 is 0 Å². The van der Waals surface area contributed by atoms with Crippen LogP contribution in [0.3, 0.4) is 0 Å². The van der Waals surface area contributed by atoms with Crippen molar-refractivity contribution < 1.29 is 4.79 Å². The van der Waals surface area contributed by atoms with Crippen LogP contribution >= 0.6 is 0 Å². The monoisotopic (exact) mass is 240 g/mol. The summed E-state index contributed by atoms with van der Waals surface area (Å²) in [4.78, 5) is 12.0. The largest absolute Gasteiger partial charge is 0.299 e. The lowest BCUT2D eigenvalue weighted by atomic mass is 9.82. The standard InChI is InChI=1S/C15H16N2O/c16-9-14(10-17)13-12(18)7-8-15(13,14)11-5-3-1-2-4-6-11/h5,13H,1-4,6-8H2. The molecule has 3 aliphatic rings. The fraction of sp³-hybridized carbons (Fsp3) is 0.667. The van der Waals surface area contributed by atoms with Crippen molar-refractivity contribution in [1.29, 1.82) is 10.5 Å². The molecule has 2 saturated carbocycles. The lowest BCUT2D eigenvalue weighted by molar-refractivity contribution is -0.119. The third kappa shape index (κ3) is 1.10. The number of hydrogen-bond acceptors (Lipinski definition) is 3. The predicted molar refractivity (Wildman–Crippen MR) is 65.0 cm³/mol. The Labute approximate surface area is 107 Å². The number of nitrogens with zero attached hydrogens (tertiary/aromatic N) is 2. The number of allylic oxidation sites excluding steroid dienone is 2. The van der Waals surface area contributed by atoms with E-state index < -0.39 is 10.8 Å². The molecule has 0 radical (unpaired) electrons. The zero-order valence-electron chi connectivity index (χ0n) is 10.4. The van der Waals surface area contributed by atoms with Gasteiger partial charge in [0.05, 0.1) is 18.1 Å². The molecule has 0 saturated heterocycles. The van der Waals surface area contributed by atoms with Gasteiger partial charge in [-0.1, -0.05) is 18.1 Å². The Hall–Kier alpha value is -1.61. The van der Waals surface area contributed by atoms with E-state index in [9.17, 15) is 15.3 Å². The smallest absolute Gasteiger partial charge is 0.164 e. The number of Topliss-reactive ketones (excluding diaryl/α,β-unsaturated/α-hetero) is 1. The summed E-state index contributed by atoms with van der Waals surface area (Å²) in [6.45, 7) is 0. The Kier molecular flexibility index (Phi) is 2.35. The van der Waals surface area contributed by atoms with E-state index >= 15 is 0 Å². The van der Waals surface area contributed by atoms with Crippen LogP contribution in [0.5, 0.6) is 0 Å². The molecule has 92 valence electrons. The molecule has 0 aromatic carbocycles. The molecule has 0 aromatic rings. The minimum atomic E-state index is -1.04. The zero-order valence-corrected chi connectivity index (χ0v) is 10.4. The van der Waals surface area contributed by atoms with E-state index in [1.807, 2.05) is 0 Å². The van der Waals surface area contributed by atoms with E-state index in [2.05, 4.69) is 18.2 Å². The SMILES string of the molecule is N#CC1(C#N)C2C(=O)CCC21C1=CCCCCC1. The van der Waals surface area contributed by atoms with Gasteiger partial charge in [0.15, 0.2) is 5.41 Å². The van der Waals surface area contributed by atoms with Crippen LogP contribution in [0.25, 0.3) is 0 Å². The molecular weight excluding hydrogens is 224 g/mol. The van der Waals surface area contributed by atoms with Crippen LogP contribution in [-0.2, 0) is 4.79 Å². The molecule has 2 fully saturated rings. The van der Waals surface area contributed by atoms with Gasteiger partial charge in [0, 0.05) is 11.8 Å². The molecule has 3 aliphatic carbocycles. The summed E-state index contributed by atoms with van der Waals surface area (Å²) >= 11 is 0. The van der Waals surface area contributed by atoms with Crippen LogP contribution in [0.1, 0.15) is 44.9 Å². The quantitative estimate of drug-likeness (QED) is 0.662. The van der Waals surface area contributed by atoms with Crippen molar-refractivity contribution in [2.75, 3.05) is 0 Å². The zero-order chi connectivity index (χ0) is 12.8. The molecule has 0 aromatic heterocycles. The van der Waals surface area contributed by atoms with Gasteiger partial charge in [-0.3, -0.25) is 4.79 Å². The first-order chi connectivity index (χ1) is 8.73. The van der Waals surface area contributed by atoms with Gasteiger partial charge in [-0.05, 0) is 32.1 Å². The summed E-state index contributed by atoms with van der Waals surface area (Å²) in [5, 5.41) is 18.8. The Morgan fingerprint density at radius 1 is 1.17 bits per heavy atom. The summed E-state index contributed by atoms with van der Waals surface area (Å²) in [5.74, 6) is -0.201. The Balaban J connectivity index is 2.04. The molecule has 3 nitrogen and oxygen atoms in total. The highest BCUT2D eigenvalue weighted by atomic mass is 16.1. The minimum Gasteiger partial charge on any atom is -0.299 e. The highest BCUT2D eigenvalue weighted by molar-refractivity contribution is 5.93. The highest BCUT2D eigenvalue weighted by Crippen LogP contribution is 2.78. The van der Waals surface area contributed by atoms with E-state index in [4.69, 9.17) is 0 Å². The van der Waals surface area contributed by atoms with E-state index in [1.165, 1.54) is 18.4 Å². The Morgan fingerprint density at radius 3 is 2.61 bits per heavy atom. The Morgan fingerprint density at radius 2 is 1.94 bits per heavy atom. The van der Waals surface area contributed by atoms with E-state index in [-0.39, 0.29) is 11.7 Å². The van der Waals surface area contributed by atoms with Crippen molar-refractivity contribution in [3.8, 4) is 12.1 Å². The predicted octanol–water partition coefficient (Wildman–Crippen LogP) is 2.89. The molecule has 0 aliphatic heterocycles. The maximum absolute atomic E-state index is 12.0. The molecule has 0 amide bonds. The van der Waals surface area contributed by atoms with Crippen molar-refractivity contribution in [2.24, 2.45) is 16.7 Å². The van der Waals surface area contributed by atoms with Gasteiger partial charge in [0.25, 0.3) is 0 Å². The van der Waals surface area contributed by atoms with Crippen LogP contribution in [0.2, 0.25) is 0 Å². The molecule has 18 heavy (non-hydrogen) atoms. The molecule has 2 unspecified atom stereocenters. The first-order valence-electron chi connectivity index (χ1n) is 6.77. The number of hydrogen-bond donors (Lipinski definition) is 0. The van der Waals surface area contributed by atoms with Crippen molar-refractivity contribution in [1.82, 2.24) is 0 Å². The fourth-order valence-corrected chi connectivity index (χ4v) is 4.23. The van der Waals surface area contributed by atoms with Gasteiger partial charge in [-0.25, -0.2) is 0 Å². The van der Waals surface area contributed by atoms with Gasteiger partial charge in [-0.2, -0.15) is 10.5 Å². The molecule has 0 spiro atoms. The van der Waals surface area contributed by atoms with E-state index in [1.54, 1.807) is 0 Å². The summed E-state index contributed by atoms with van der Waals surface area (Å²) in [6.07, 6.45) is 9.00. The minimum absolute atomic E-state index is 0.128. The number of rotatable bonds is 1. The average Bonchev–Trinajstić information content (AvgIpc) is 2.97. The summed E-state index contributed by atoms with van der Waals surface area (Å²) in [5.41, 5.74) is -0.213. The number of carbonyl (C=O) groups is 1. The van der Waals surface area contributed by atoms with Crippen LogP contribution in [0, 0.1) is 39.4 Å². The normalized spacial score (nSPS) is 36.9. The second kappa shape index (κ2) is 3.69. The molecule has 3 heteroatoms. The highest BCUT2D eigenvalue weighted by Gasteiger charge is 2.84. The molecular formula is C15H16N2O. The van der Waals surface area contributed by atoms with Gasteiger partial charge >= 0.3 is 0 Å². The fourth-order valence-electron chi connectivity index (χ4n) is 4.23. The molecule has 3 rings (SSSR count). The molecule has 0 N–H and O–H groups in total. The van der Waals surface area contributed by atoms with Crippen molar-refractivity contribution in [2.45, 2.75) is 44.9 Å². The number of fused-ring (bicyclic) bond motifs is 1. The summed E-state index contributed by atoms with van der Waals surface area (Å²) < 4.78 is 0. The second-order valence-corrected chi connectivity index (χ2v) is 5.73. The number of nitriles is 2. The van der Waals surface area contributed by atoms with Gasteiger partial charge in [0.1, 0.15) is 5.78 Å². The topological polar surface area (TPSA) is 64.7 Å². The van der Waals surface area contributed by atoms with E-state index in [0.717, 1.165) is 19.3 Å². The number of carbonyl (C=O) groups excluding carboxylic acids is 1. The summed E-state index contributed by atoms with van der Waals surface area (Å²) in [7, 11) is 0. The van der Waals surface area contributed by atoms with Gasteiger partial charge in [0.2, 0.25) is 0 Å². The van der Waals surface area contributed by atoms with E-state index in [0.29, 0.717) is 12.8 Å². The average molecular weight is 240 g/mol. The third-order valence-electron chi connectivity index (χ3n) is 5.10. The van der Waals surface area contributed by atoms with Crippen LogP contribution in [-0.4, -0.2) is 5.78 Å². The lowest BCUT2D eigenvalue weighted by Crippen LogP contribution is -2.15. The Bertz CT molecular complexity index is 506. The molecule has 0 bridgehead atoms. The first kappa shape index (κ1) is 11.5. The third-order valence-corrected chi connectivity index (χ3v) is 5.10. The van der Waals surface area contributed by atoms with Crippen molar-refractivity contribution in [3.63, 3.8) is 0 Å². The van der Waals surface area contributed by atoms with Crippen LogP contribution in [0.4, 0.5) is 0 Å². The maximum Gasteiger partial charge on any atom is 0.164 e. The molecule has 2 atom stereocenters. The van der Waals surface area contributed by atoms with Crippen molar-refractivity contribution >= 4 is 5.78 Å². The maximum atomic E-state index is 12.0. The van der Waals surface area contributed by atoms with Gasteiger partial charge < -0.3 is 0 Å². The van der Waals surface area contributed by atoms with Crippen molar-refractivity contribution in [3.05, 3.63) is 11.6 Å². The van der Waals surface area contributed by atoms with Crippen LogP contribution in [0.15, 0.2) is 11.6 Å². The van der Waals surface area contributed by atoms with Gasteiger partial charge in [-0.15, -0.1) is 0 Å². The molecule has 0 heterocycles. The second-order valence-electron chi connectivity index (χ2n) is 5.73. The number of ketones is 1. The first-order valence-corrected chi connectivity index (χ1v) is 6.77. The lowest BCUT2D eigenvalue weighted by Gasteiger charge is -2.18.